The van der Waals surface area contributed by atoms with E-state index in [1.54, 1.807) is 0 Å². The molecule has 0 aliphatic rings. The number of halogens is 2. The van der Waals surface area contributed by atoms with Crippen LogP contribution in [-0.4, -0.2) is 19.6 Å². The van der Waals surface area contributed by atoms with Gasteiger partial charge in [-0.3, -0.25) is 0 Å². The van der Waals surface area contributed by atoms with Gasteiger partial charge in [-0.1, -0.05) is 24.6 Å². The van der Waals surface area contributed by atoms with Crippen molar-refractivity contribution in [1.29, 1.82) is 0 Å². The Kier molecular flexibility index (Phi) is 4.71. The van der Waals surface area contributed by atoms with Gasteiger partial charge in [-0.15, -0.1) is 0 Å². The van der Waals surface area contributed by atoms with Crippen molar-refractivity contribution in [1.82, 2.24) is 5.32 Å². The molecule has 1 atom stereocenters. The Labute approximate surface area is 98.5 Å². The van der Waals surface area contributed by atoms with E-state index in [4.69, 9.17) is 11.6 Å². The molecule has 0 spiro atoms. The van der Waals surface area contributed by atoms with Gasteiger partial charge in [-0.25, -0.2) is 9.18 Å². The maximum atomic E-state index is 13.0. The number of nitrogens with one attached hydrogen (secondary N) is 1. The van der Waals surface area contributed by atoms with Crippen molar-refractivity contribution >= 4 is 17.6 Å². The van der Waals surface area contributed by atoms with E-state index >= 15 is 0 Å². The molecule has 0 amide bonds. The van der Waals surface area contributed by atoms with E-state index in [9.17, 15) is 9.18 Å². The molecule has 88 valence electrons. The topological polar surface area (TPSA) is 38.3 Å². The van der Waals surface area contributed by atoms with Gasteiger partial charge in [-0.05, 0) is 24.2 Å². The molecule has 1 unspecified atom stereocenters. The third kappa shape index (κ3) is 2.93. The first-order chi connectivity index (χ1) is 7.60. The highest BCUT2D eigenvalue weighted by Crippen LogP contribution is 2.21. The number of benzene rings is 1. The Morgan fingerprint density at radius 3 is 2.81 bits per heavy atom. The summed E-state index contributed by atoms with van der Waals surface area (Å²) in [5.74, 6) is -0.935. The van der Waals surface area contributed by atoms with E-state index in [0.717, 1.165) is 0 Å². The Hall–Kier alpha value is -1.13. The van der Waals surface area contributed by atoms with Crippen LogP contribution in [0.4, 0.5) is 4.39 Å². The maximum Gasteiger partial charge on any atom is 0.327 e. The molecule has 0 saturated heterocycles. The van der Waals surface area contributed by atoms with E-state index in [-0.39, 0.29) is 5.02 Å². The average Bonchev–Trinajstić information content (AvgIpc) is 2.29. The molecule has 0 aromatic heterocycles. The van der Waals surface area contributed by atoms with Gasteiger partial charge < -0.3 is 10.1 Å². The lowest BCUT2D eigenvalue weighted by Gasteiger charge is -2.15. The molecule has 0 heterocycles. The first-order valence-corrected chi connectivity index (χ1v) is 5.24. The van der Waals surface area contributed by atoms with Crippen LogP contribution in [0.3, 0.4) is 0 Å². The van der Waals surface area contributed by atoms with Crippen molar-refractivity contribution in [2.75, 3.05) is 13.7 Å². The third-order valence-corrected chi connectivity index (χ3v) is 2.41. The Bertz CT molecular complexity index is 384. The molecule has 3 nitrogen and oxygen atoms in total. The van der Waals surface area contributed by atoms with Crippen molar-refractivity contribution in [3.63, 3.8) is 0 Å². The van der Waals surface area contributed by atoms with Gasteiger partial charge in [0.05, 0.1) is 12.1 Å². The Morgan fingerprint density at radius 1 is 1.62 bits per heavy atom. The summed E-state index contributed by atoms with van der Waals surface area (Å²) < 4.78 is 17.6. The lowest BCUT2D eigenvalue weighted by atomic mass is 10.1. The number of ether oxygens (including phenoxy) is 1. The number of hydrogen-bond acceptors (Lipinski definition) is 3. The van der Waals surface area contributed by atoms with Crippen LogP contribution in [0.15, 0.2) is 18.2 Å². The summed E-state index contributed by atoms with van der Waals surface area (Å²) >= 11 is 5.65. The number of methoxy groups -OCH3 is 1. The average molecular weight is 246 g/mol. The molecule has 1 aromatic carbocycles. The molecule has 1 aromatic rings. The van der Waals surface area contributed by atoms with Crippen LogP contribution < -0.4 is 5.32 Å². The highest BCUT2D eigenvalue weighted by Gasteiger charge is 2.20. The minimum Gasteiger partial charge on any atom is -0.468 e. The van der Waals surface area contributed by atoms with Crippen molar-refractivity contribution < 1.29 is 13.9 Å². The number of hydrogen-bond donors (Lipinski definition) is 1. The molecular formula is C11H13ClFNO2. The van der Waals surface area contributed by atoms with Crippen LogP contribution in [0.5, 0.6) is 0 Å². The highest BCUT2D eigenvalue weighted by atomic mass is 35.5. The SMILES string of the molecule is CCNC(C(=O)OC)c1ccc(F)c(Cl)c1. The van der Waals surface area contributed by atoms with E-state index in [2.05, 4.69) is 10.1 Å². The van der Waals surface area contributed by atoms with E-state index in [0.29, 0.717) is 12.1 Å². The smallest absolute Gasteiger partial charge is 0.327 e. The number of esters is 1. The predicted molar refractivity (Wildman–Crippen MR) is 59.8 cm³/mol. The molecule has 0 saturated carbocycles. The van der Waals surface area contributed by atoms with Crippen LogP contribution in [-0.2, 0) is 9.53 Å². The molecule has 1 rings (SSSR count). The van der Waals surface area contributed by atoms with E-state index < -0.39 is 17.8 Å². The zero-order chi connectivity index (χ0) is 12.1. The van der Waals surface area contributed by atoms with Gasteiger partial charge in [0.15, 0.2) is 0 Å². The second kappa shape index (κ2) is 5.82. The molecule has 0 bridgehead atoms. The van der Waals surface area contributed by atoms with E-state index in [1.807, 2.05) is 6.92 Å². The molecule has 0 aliphatic carbocycles. The van der Waals surface area contributed by atoms with Crippen molar-refractivity contribution in [2.45, 2.75) is 13.0 Å². The minimum atomic E-state index is -0.618. The fourth-order valence-corrected chi connectivity index (χ4v) is 1.54. The van der Waals surface area contributed by atoms with Gasteiger partial charge in [0.25, 0.3) is 0 Å². The molecule has 5 heteroatoms. The summed E-state index contributed by atoms with van der Waals surface area (Å²) in [7, 11) is 1.30. The highest BCUT2D eigenvalue weighted by molar-refractivity contribution is 6.30. The lowest BCUT2D eigenvalue weighted by Crippen LogP contribution is -2.29. The van der Waals surface area contributed by atoms with Crippen LogP contribution in [0, 0.1) is 5.82 Å². The lowest BCUT2D eigenvalue weighted by molar-refractivity contribution is -0.143. The summed E-state index contributed by atoms with van der Waals surface area (Å²) in [5.41, 5.74) is 0.583. The van der Waals surface area contributed by atoms with Crippen LogP contribution in [0.1, 0.15) is 18.5 Å². The quantitative estimate of drug-likeness (QED) is 0.828. The zero-order valence-corrected chi connectivity index (χ0v) is 9.84. The summed E-state index contributed by atoms with van der Waals surface area (Å²) in [6.45, 7) is 2.45. The summed E-state index contributed by atoms with van der Waals surface area (Å²) in [6, 6.07) is 3.53. The van der Waals surface area contributed by atoms with Crippen molar-refractivity contribution in [3.05, 3.63) is 34.6 Å². The normalized spacial score (nSPS) is 12.2. The summed E-state index contributed by atoms with van der Waals surface area (Å²) in [6.07, 6.45) is 0. The number of carbonyl (C=O) groups excluding carboxylic acids is 1. The van der Waals surface area contributed by atoms with Gasteiger partial charge in [0.2, 0.25) is 0 Å². The fourth-order valence-electron chi connectivity index (χ4n) is 1.35. The number of carbonyl (C=O) groups is 1. The van der Waals surface area contributed by atoms with Gasteiger partial charge in [-0.2, -0.15) is 0 Å². The second-order valence-electron chi connectivity index (χ2n) is 3.19. The van der Waals surface area contributed by atoms with Crippen LogP contribution in [0.25, 0.3) is 0 Å². The van der Waals surface area contributed by atoms with Gasteiger partial charge in [0.1, 0.15) is 11.9 Å². The molecule has 0 fully saturated rings. The van der Waals surface area contributed by atoms with Gasteiger partial charge in [0, 0.05) is 0 Å². The third-order valence-electron chi connectivity index (χ3n) is 2.12. The van der Waals surface area contributed by atoms with Crippen molar-refractivity contribution in [2.24, 2.45) is 0 Å². The zero-order valence-electron chi connectivity index (χ0n) is 9.09. The largest absolute Gasteiger partial charge is 0.468 e. The maximum absolute atomic E-state index is 13.0. The second-order valence-corrected chi connectivity index (χ2v) is 3.59. The van der Waals surface area contributed by atoms with Crippen molar-refractivity contribution in [3.8, 4) is 0 Å². The molecule has 1 N–H and O–H groups in total. The molecular weight excluding hydrogens is 233 g/mol. The summed E-state index contributed by atoms with van der Waals surface area (Å²) in [4.78, 5) is 11.5. The summed E-state index contributed by atoms with van der Waals surface area (Å²) in [5, 5.41) is 2.93. The predicted octanol–water partition coefficient (Wildman–Crippen LogP) is 2.30. The standard InChI is InChI=1S/C11H13ClFNO2/c1-3-14-10(11(15)16-2)7-4-5-9(13)8(12)6-7/h4-6,10,14H,3H2,1-2H3. The van der Waals surface area contributed by atoms with E-state index in [1.165, 1.54) is 25.3 Å². The first-order valence-electron chi connectivity index (χ1n) is 4.86. The fraction of sp³-hybridized carbons (Fsp3) is 0.364. The van der Waals surface area contributed by atoms with Gasteiger partial charge >= 0.3 is 5.97 Å². The minimum absolute atomic E-state index is 0.00990. The van der Waals surface area contributed by atoms with Crippen LogP contribution in [0.2, 0.25) is 5.02 Å². The number of likely N-dealkylation sites (N-methyl/N-ethyl adjacent to an activating group) is 1. The Balaban J connectivity index is 3.01. The molecule has 0 aliphatic heterocycles. The number of rotatable bonds is 4. The monoisotopic (exact) mass is 245 g/mol. The molecule has 16 heavy (non-hydrogen) atoms. The molecule has 0 radical (unpaired) electrons. The first kappa shape index (κ1) is 12.9. The Morgan fingerprint density at radius 2 is 2.31 bits per heavy atom. The van der Waals surface area contributed by atoms with Crippen LogP contribution >= 0.6 is 11.6 Å².